The molecule has 1 N–H and O–H groups in total. The molecule has 0 aliphatic carbocycles. The van der Waals surface area contributed by atoms with Crippen LogP contribution in [-0.4, -0.2) is 36.0 Å². The minimum absolute atomic E-state index is 0.0615. The van der Waals surface area contributed by atoms with Crippen LogP contribution in [0.15, 0.2) is 82.9 Å². The Morgan fingerprint density at radius 1 is 0.972 bits per heavy atom. The quantitative estimate of drug-likeness (QED) is 0.272. The zero-order chi connectivity index (χ0) is 25.2. The van der Waals surface area contributed by atoms with Gasteiger partial charge in [-0.1, -0.05) is 48.2 Å². The van der Waals surface area contributed by atoms with Gasteiger partial charge in [0.2, 0.25) is 5.91 Å². The number of aromatic nitrogens is 5. The highest BCUT2D eigenvalue weighted by Crippen LogP contribution is 2.25. The van der Waals surface area contributed by atoms with Crippen LogP contribution in [0.25, 0.3) is 22.4 Å². The molecule has 3 heterocycles. The molecule has 5 aromatic rings. The number of rotatable bonds is 6. The van der Waals surface area contributed by atoms with E-state index in [1.807, 2.05) is 67.9 Å². The van der Waals surface area contributed by atoms with Gasteiger partial charge >= 0.3 is 0 Å². The number of aryl methyl sites for hydroxylation is 2. The number of hydrogen-bond acceptors (Lipinski definition) is 6. The fourth-order valence-corrected chi connectivity index (χ4v) is 4.75. The van der Waals surface area contributed by atoms with E-state index in [4.69, 9.17) is 0 Å². The standard InChI is InChI=1S/C27H24N6O2S/c1-17-13-14-23(28-15-17)32-26(35)21-11-7-8-12-22(21)29-27(32)36-16-24(34)30-25-18(2)31-33(19(25)3)20-9-5-4-6-10-20/h4-15H,16H2,1-3H3,(H,30,34). The Bertz CT molecular complexity index is 1620. The third-order valence-corrected chi connectivity index (χ3v) is 6.70. The molecule has 1 amide bonds. The third kappa shape index (κ3) is 4.52. The van der Waals surface area contributed by atoms with Crippen molar-refractivity contribution in [2.75, 3.05) is 11.1 Å². The minimum atomic E-state index is -0.226. The smallest absolute Gasteiger partial charge is 0.267 e. The molecule has 0 saturated carbocycles. The van der Waals surface area contributed by atoms with E-state index >= 15 is 0 Å². The molecule has 2 aromatic carbocycles. The molecule has 3 aromatic heterocycles. The van der Waals surface area contributed by atoms with E-state index in [0.29, 0.717) is 27.6 Å². The van der Waals surface area contributed by atoms with Crippen molar-refractivity contribution < 1.29 is 4.79 Å². The molecule has 5 rings (SSSR count). The van der Waals surface area contributed by atoms with E-state index < -0.39 is 0 Å². The summed E-state index contributed by atoms with van der Waals surface area (Å²) in [5.41, 5.74) is 4.48. The Morgan fingerprint density at radius 2 is 1.72 bits per heavy atom. The second-order valence-corrected chi connectivity index (χ2v) is 9.32. The van der Waals surface area contributed by atoms with E-state index in [1.165, 1.54) is 16.3 Å². The van der Waals surface area contributed by atoms with Gasteiger partial charge in [0, 0.05) is 6.20 Å². The monoisotopic (exact) mass is 496 g/mol. The molecule has 180 valence electrons. The molecule has 0 atom stereocenters. The summed E-state index contributed by atoms with van der Waals surface area (Å²) >= 11 is 1.19. The molecular formula is C27H24N6O2S. The molecule has 9 heteroatoms. The van der Waals surface area contributed by atoms with Crippen LogP contribution in [0, 0.1) is 20.8 Å². The number of nitrogens with zero attached hydrogens (tertiary/aromatic N) is 5. The van der Waals surface area contributed by atoms with E-state index in [9.17, 15) is 9.59 Å². The number of fused-ring (bicyclic) bond motifs is 1. The number of anilines is 1. The molecule has 0 saturated heterocycles. The molecule has 0 bridgehead atoms. The van der Waals surface area contributed by atoms with Gasteiger partial charge in [-0.05, 0) is 56.7 Å². The lowest BCUT2D eigenvalue weighted by Crippen LogP contribution is -2.23. The molecule has 0 radical (unpaired) electrons. The van der Waals surface area contributed by atoms with Crippen LogP contribution < -0.4 is 10.9 Å². The lowest BCUT2D eigenvalue weighted by atomic mass is 10.2. The molecule has 0 fully saturated rings. The van der Waals surface area contributed by atoms with Crippen molar-refractivity contribution in [2.24, 2.45) is 0 Å². The summed E-state index contributed by atoms with van der Waals surface area (Å²) in [5.74, 6) is 0.304. The third-order valence-electron chi connectivity index (χ3n) is 5.76. The summed E-state index contributed by atoms with van der Waals surface area (Å²) in [6, 6.07) is 20.6. The van der Waals surface area contributed by atoms with E-state index in [2.05, 4.69) is 20.4 Å². The topological polar surface area (TPSA) is 94.7 Å². The van der Waals surface area contributed by atoms with Crippen LogP contribution in [0.5, 0.6) is 0 Å². The normalized spacial score (nSPS) is 11.1. The highest BCUT2D eigenvalue weighted by Gasteiger charge is 2.18. The number of nitrogens with one attached hydrogen (secondary N) is 1. The van der Waals surface area contributed by atoms with Crippen molar-refractivity contribution in [3.63, 3.8) is 0 Å². The van der Waals surface area contributed by atoms with Crippen LogP contribution in [0.3, 0.4) is 0 Å². The average Bonchev–Trinajstić information content (AvgIpc) is 3.17. The highest BCUT2D eigenvalue weighted by molar-refractivity contribution is 7.99. The fourth-order valence-electron chi connectivity index (χ4n) is 3.95. The Kier molecular flexibility index (Phi) is 6.39. The zero-order valence-electron chi connectivity index (χ0n) is 20.1. The van der Waals surface area contributed by atoms with Gasteiger partial charge in [-0.25, -0.2) is 19.2 Å². The van der Waals surface area contributed by atoms with Crippen molar-refractivity contribution in [2.45, 2.75) is 25.9 Å². The van der Waals surface area contributed by atoms with Gasteiger partial charge in [0.1, 0.15) is 5.82 Å². The number of hydrogen-bond donors (Lipinski definition) is 1. The van der Waals surface area contributed by atoms with Crippen LogP contribution in [-0.2, 0) is 4.79 Å². The van der Waals surface area contributed by atoms with Gasteiger partial charge in [-0.2, -0.15) is 5.10 Å². The van der Waals surface area contributed by atoms with Crippen LogP contribution in [0.1, 0.15) is 17.0 Å². The fraction of sp³-hybridized carbons (Fsp3) is 0.148. The largest absolute Gasteiger partial charge is 0.322 e. The SMILES string of the molecule is Cc1ccc(-n2c(SCC(=O)Nc3c(C)nn(-c4ccccc4)c3C)nc3ccccc3c2=O)nc1. The van der Waals surface area contributed by atoms with Gasteiger partial charge in [0.25, 0.3) is 5.56 Å². The van der Waals surface area contributed by atoms with E-state index in [-0.39, 0.29) is 17.2 Å². The van der Waals surface area contributed by atoms with Gasteiger partial charge in [-0.15, -0.1) is 0 Å². The highest BCUT2D eigenvalue weighted by atomic mass is 32.2. The lowest BCUT2D eigenvalue weighted by Gasteiger charge is -2.13. The Balaban J connectivity index is 1.43. The second kappa shape index (κ2) is 9.79. The first-order valence-electron chi connectivity index (χ1n) is 11.4. The summed E-state index contributed by atoms with van der Waals surface area (Å²) in [7, 11) is 0. The number of amides is 1. The second-order valence-electron chi connectivity index (χ2n) is 8.38. The number of pyridine rings is 1. The number of benzene rings is 2. The molecule has 0 aliphatic heterocycles. The van der Waals surface area contributed by atoms with Gasteiger partial charge < -0.3 is 5.32 Å². The molecule has 0 spiro atoms. The number of carbonyl (C=O) groups is 1. The predicted octanol–water partition coefficient (Wildman–Crippen LogP) is 4.62. The average molecular weight is 497 g/mol. The van der Waals surface area contributed by atoms with Crippen LogP contribution in [0.2, 0.25) is 0 Å². The predicted molar refractivity (Wildman–Crippen MR) is 142 cm³/mol. The van der Waals surface area contributed by atoms with Crippen molar-refractivity contribution >= 4 is 34.3 Å². The molecule has 36 heavy (non-hydrogen) atoms. The van der Waals surface area contributed by atoms with E-state index in [0.717, 1.165) is 22.6 Å². The summed E-state index contributed by atoms with van der Waals surface area (Å²) in [5, 5.41) is 8.47. The molecule has 0 aliphatic rings. The Labute approximate surface area is 212 Å². The van der Waals surface area contributed by atoms with E-state index in [1.54, 1.807) is 30.5 Å². The molecular weight excluding hydrogens is 472 g/mol. The Morgan fingerprint density at radius 3 is 2.47 bits per heavy atom. The first kappa shape index (κ1) is 23.5. The Hall–Kier alpha value is -4.24. The van der Waals surface area contributed by atoms with Crippen molar-refractivity contribution in [3.8, 4) is 11.5 Å². The maximum atomic E-state index is 13.4. The van der Waals surface area contributed by atoms with Gasteiger partial charge in [-0.3, -0.25) is 9.59 Å². The molecule has 0 unspecified atom stereocenters. The summed E-state index contributed by atoms with van der Waals surface area (Å²) in [4.78, 5) is 35.4. The lowest BCUT2D eigenvalue weighted by molar-refractivity contribution is -0.113. The van der Waals surface area contributed by atoms with Crippen LogP contribution in [0.4, 0.5) is 5.69 Å². The summed E-state index contributed by atoms with van der Waals surface area (Å²) in [6.07, 6.45) is 1.70. The zero-order valence-corrected chi connectivity index (χ0v) is 20.9. The van der Waals surface area contributed by atoms with Crippen molar-refractivity contribution in [1.29, 1.82) is 0 Å². The first-order valence-corrected chi connectivity index (χ1v) is 12.4. The van der Waals surface area contributed by atoms with Crippen LogP contribution >= 0.6 is 11.8 Å². The van der Waals surface area contributed by atoms with Gasteiger partial charge in [0.05, 0.1) is 39.4 Å². The summed E-state index contributed by atoms with van der Waals surface area (Å²) in [6.45, 7) is 5.71. The molecule has 8 nitrogen and oxygen atoms in total. The first-order chi connectivity index (χ1) is 17.4. The number of carbonyl (C=O) groups excluding carboxylic acids is 1. The minimum Gasteiger partial charge on any atom is -0.322 e. The van der Waals surface area contributed by atoms with Crippen molar-refractivity contribution in [3.05, 3.63) is 100 Å². The van der Waals surface area contributed by atoms with Crippen molar-refractivity contribution in [1.82, 2.24) is 24.3 Å². The number of thioether (sulfide) groups is 1. The number of para-hydroxylation sites is 2. The maximum Gasteiger partial charge on any atom is 0.267 e. The van der Waals surface area contributed by atoms with Gasteiger partial charge in [0.15, 0.2) is 5.16 Å². The summed E-state index contributed by atoms with van der Waals surface area (Å²) < 4.78 is 3.27. The maximum absolute atomic E-state index is 13.4.